The smallest absolute Gasteiger partial charge is 0.187 e. The summed E-state index contributed by atoms with van der Waals surface area (Å²) < 4.78 is 68.8. The highest BCUT2D eigenvalue weighted by Gasteiger charge is 2.58. The zero-order valence-electron chi connectivity index (χ0n) is 36.4. The Morgan fingerprint density at radius 2 is 0.478 bits per heavy atom. The topological polar surface area (TPSA) is 472 Å². The first-order valence-corrected chi connectivity index (χ1v) is 23.0. The average Bonchev–Trinajstić information content (AvgIpc) is 3.33. The molecule has 0 aliphatic carbocycles. The van der Waals surface area contributed by atoms with E-state index in [2.05, 4.69) is 0 Å². The van der Waals surface area contributed by atoms with Crippen molar-refractivity contribution in [2.24, 2.45) is 0 Å². The molecule has 22 aliphatic rings. The maximum absolute atomic E-state index is 12.1. The maximum Gasteiger partial charge on any atom is 0.187 e. The zero-order chi connectivity index (χ0) is 50.3. The van der Waals surface area contributed by atoms with Gasteiger partial charge in [-0.25, -0.2) is 0 Å². The van der Waals surface area contributed by atoms with Crippen LogP contribution in [0, 0.1) is 0 Å². The minimum absolute atomic E-state index is 0.351. The molecule has 22 fully saturated rings. The molecular formula is C38H62O30S. The molecule has 0 unspecified atom stereocenters. The summed E-state index contributed by atoms with van der Waals surface area (Å²) in [6, 6.07) is 0. The number of hydrogen-bond acceptors (Lipinski definition) is 31. The second-order valence-electron chi connectivity index (χ2n) is 17.5. The van der Waals surface area contributed by atoms with E-state index in [4.69, 9.17) is 56.8 Å². The summed E-state index contributed by atoms with van der Waals surface area (Å²) in [7, 11) is 0. The highest BCUT2D eigenvalue weighted by atomic mass is 32.2. The van der Waals surface area contributed by atoms with E-state index >= 15 is 0 Å². The monoisotopic (exact) mass is 1030 g/mol. The van der Waals surface area contributed by atoms with Crippen molar-refractivity contribution in [3.8, 4) is 0 Å². The first-order valence-electron chi connectivity index (χ1n) is 22.0. The fourth-order valence-electron chi connectivity index (χ4n) is 9.11. The van der Waals surface area contributed by atoms with Crippen molar-refractivity contribution in [3.63, 3.8) is 0 Å². The molecule has 30 atom stereocenters. The number of aliphatic hydroxyl groups excluding tert-OH is 17. The summed E-state index contributed by atoms with van der Waals surface area (Å²) >= 11 is 0.647. The van der Waals surface area contributed by atoms with Gasteiger partial charge < -0.3 is 144 Å². The number of aliphatic hydroxyl groups is 17. The maximum atomic E-state index is 12.1. The van der Waals surface area contributed by atoms with Gasteiger partial charge in [0.1, 0.15) is 140 Å². The van der Waals surface area contributed by atoms with Gasteiger partial charge in [-0.05, 0) is 0 Å². The molecule has 17 N–H and O–H groups in total. The van der Waals surface area contributed by atoms with Crippen LogP contribution in [-0.2, 0) is 61.6 Å². The fourth-order valence-corrected chi connectivity index (χ4v) is 9.78. The van der Waals surface area contributed by atoms with Gasteiger partial charge in [-0.2, -0.15) is 0 Å². The van der Waals surface area contributed by atoms with E-state index in [1.165, 1.54) is 6.92 Å². The highest BCUT2D eigenvalue weighted by Crippen LogP contribution is 2.38. The SMILES string of the molecule is CC(=O)SC[C@H]1O[C@@H]2O[C@H]3[C@H](O)[C@@H](O)[C@@H](O[C@H]4[C@H](O)[C@@H](O)[C@@H](O[C@H]5[C@H](O)[C@@H](O)[C@@H](O[C@H]6[C@H](O)[C@@H](O)[C@@H](O[C@H]7[C@H](O)[C@@H](O)[C@@H](O[C@H]1[C@H](O)[C@H]2O)O[C@@H]7CO)O[C@@H]6CO)O[C@@H]5CO)O[C@@H]4CO)O[C@@H]3CO. The molecule has 0 aromatic heterocycles. The number of hydrogen-bond donors (Lipinski definition) is 17. The van der Waals surface area contributed by atoms with E-state index in [9.17, 15) is 91.6 Å². The van der Waals surface area contributed by atoms with E-state index in [0.717, 1.165) is 0 Å². The summed E-state index contributed by atoms with van der Waals surface area (Å²) in [6.45, 7) is -3.81. The molecule has 0 spiro atoms. The second kappa shape index (κ2) is 23.6. The van der Waals surface area contributed by atoms with Crippen LogP contribution in [0.3, 0.4) is 0 Å². The lowest BCUT2D eigenvalue weighted by Crippen LogP contribution is -2.69. The molecule has 0 radical (unpaired) electrons. The van der Waals surface area contributed by atoms with Crippen LogP contribution in [0.15, 0.2) is 0 Å². The first-order chi connectivity index (χ1) is 32.8. The summed E-state index contributed by atoms with van der Waals surface area (Å²) in [4.78, 5) is 12.1. The van der Waals surface area contributed by atoms with Gasteiger partial charge in [-0.1, -0.05) is 11.8 Å². The van der Waals surface area contributed by atoms with Crippen molar-refractivity contribution in [2.45, 2.75) is 191 Å². The molecule has 69 heavy (non-hydrogen) atoms. The second-order valence-corrected chi connectivity index (χ2v) is 18.7. The molecule has 22 aliphatic heterocycles. The van der Waals surface area contributed by atoms with Crippen LogP contribution in [0.4, 0.5) is 0 Å². The standard InChI is InChI=1S/C38H62O30S/c1-8(44)69-7-14-32-20(50)26(56)38(62-14)67-31-13(6-43)60-36(24(54)18(31)48)65-29-11(4-41)58-34(22(52)16(29)46)63-27-9(2-39)57-33(21(51)15(27)45)64-28-10(3-40)59-35(23(53)17(28)47)66-30-12(5-42)61-37(68-32)25(55)19(30)49/h9-43,45-56H,2-7H2,1H3/t9-,10-,11-,12-,13-,14-,15-,16-,17-,18-,19-,20-,21-,22-,23-,24-,25-,26-,27-,28-,29-,30-,31-,32-,33-,34-,35-,36-,37-,38-/m1/s1. The molecular weight excluding hydrogens is 968 g/mol. The third-order valence-corrected chi connectivity index (χ3v) is 13.8. The van der Waals surface area contributed by atoms with Crippen molar-refractivity contribution in [2.75, 3.05) is 38.8 Å². The summed E-state index contributed by atoms with van der Waals surface area (Å²) in [5.74, 6) is -0.351. The minimum Gasteiger partial charge on any atom is -0.394 e. The Morgan fingerprint density at radius 1 is 0.304 bits per heavy atom. The van der Waals surface area contributed by atoms with E-state index in [0.29, 0.717) is 11.8 Å². The van der Waals surface area contributed by atoms with Crippen molar-refractivity contribution in [1.29, 1.82) is 0 Å². The van der Waals surface area contributed by atoms with Crippen LogP contribution in [0.25, 0.3) is 0 Å². The Bertz CT molecular complexity index is 1630. The van der Waals surface area contributed by atoms with E-state index in [1.54, 1.807) is 0 Å². The molecule has 0 saturated carbocycles. The normalized spacial score (nSPS) is 53.4. The predicted octanol–water partition coefficient (Wildman–Crippen LogP) is -11.8. The van der Waals surface area contributed by atoms with Crippen LogP contribution in [0.1, 0.15) is 6.92 Å². The summed E-state index contributed by atoms with van der Waals surface area (Å²) in [6.07, 6.45) is -58.2. The van der Waals surface area contributed by atoms with Gasteiger partial charge in [-0.3, -0.25) is 4.79 Å². The molecule has 400 valence electrons. The lowest BCUT2D eigenvalue weighted by molar-refractivity contribution is -0.402. The molecule has 0 aromatic carbocycles. The van der Waals surface area contributed by atoms with Gasteiger partial charge in [-0.15, -0.1) is 0 Å². The molecule has 12 bridgehead atoms. The van der Waals surface area contributed by atoms with E-state index in [-0.39, 0.29) is 5.75 Å². The lowest BCUT2D eigenvalue weighted by Gasteiger charge is -2.50. The van der Waals surface area contributed by atoms with Crippen molar-refractivity contribution in [1.82, 2.24) is 0 Å². The average molecular weight is 1030 g/mol. The number of thioether (sulfide) groups is 1. The molecule has 0 aromatic rings. The van der Waals surface area contributed by atoms with Gasteiger partial charge in [0.05, 0.1) is 39.1 Å². The largest absolute Gasteiger partial charge is 0.394 e. The molecule has 22 saturated heterocycles. The van der Waals surface area contributed by atoms with Crippen LogP contribution in [0.2, 0.25) is 0 Å². The third-order valence-electron chi connectivity index (χ3n) is 12.9. The Balaban J connectivity index is 1.21. The lowest BCUT2D eigenvalue weighted by atomic mass is 9.95. The van der Waals surface area contributed by atoms with E-state index < -0.39 is 222 Å². The van der Waals surface area contributed by atoms with Crippen LogP contribution in [-0.4, -0.2) is 315 Å². The van der Waals surface area contributed by atoms with Crippen LogP contribution < -0.4 is 0 Å². The van der Waals surface area contributed by atoms with Gasteiger partial charge in [0.15, 0.2) is 42.9 Å². The number of rotatable bonds is 7. The Morgan fingerprint density at radius 3 is 0.652 bits per heavy atom. The van der Waals surface area contributed by atoms with Crippen molar-refractivity contribution in [3.05, 3.63) is 0 Å². The van der Waals surface area contributed by atoms with Crippen LogP contribution >= 0.6 is 11.8 Å². The third kappa shape index (κ3) is 11.3. The fraction of sp³-hybridized carbons (Fsp3) is 0.974. The minimum atomic E-state index is -2.15. The number of ether oxygens (including phenoxy) is 12. The van der Waals surface area contributed by atoms with Crippen LogP contribution in [0.5, 0.6) is 0 Å². The Hall–Kier alpha value is -1.14. The first kappa shape index (κ1) is 55.6. The Kier molecular flexibility index (Phi) is 19.0. The van der Waals surface area contributed by atoms with Gasteiger partial charge >= 0.3 is 0 Å². The molecule has 22 heterocycles. The molecule has 31 heteroatoms. The molecule has 0 amide bonds. The number of carbonyl (C=O) groups excluding carboxylic acids is 1. The van der Waals surface area contributed by atoms with Crippen molar-refractivity contribution < 1.29 is 148 Å². The molecule has 30 nitrogen and oxygen atoms in total. The van der Waals surface area contributed by atoms with Gasteiger partial charge in [0.25, 0.3) is 0 Å². The quantitative estimate of drug-likeness (QED) is 0.113. The number of carbonyl (C=O) groups is 1. The Labute approximate surface area is 394 Å². The summed E-state index contributed by atoms with van der Waals surface area (Å²) in [5.41, 5.74) is 0. The highest BCUT2D eigenvalue weighted by molar-refractivity contribution is 8.13. The zero-order valence-corrected chi connectivity index (χ0v) is 37.2. The van der Waals surface area contributed by atoms with E-state index in [1.807, 2.05) is 0 Å². The predicted molar refractivity (Wildman–Crippen MR) is 212 cm³/mol. The van der Waals surface area contributed by atoms with Gasteiger partial charge in [0, 0.05) is 12.7 Å². The van der Waals surface area contributed by atoms with Crippen molar-refractivity contribution >= 4 is 16.9 Å². The molecule has 22 rings (SSSR count). The van der Waals surface area contributed by atoms with Gasteiger partial charge in [0.2, 0.25) is 0 Å². The summed E-state index contributed by atoms with van der Waals surface area (Å²) in [5, 5.41) is 186.